The predicted octanol–water partition coefficient (Wildman–Crippen LogP) is 4.74. The zero-order chi connectivity index (χ0) is 28.0. The van der Waals surface area contributed by atoms with Crippen molar-refractivity contribution in [1.82, 2.24) is 9.80 Å². The highest BCUT2D eigenvalue weighted by atomic mass is 16.5. The fraction of sp³-hybridized carbons (Fsp3) is 0.471. The molecule has 4 aliphatic rings. The topological polar surface area (TPSA) is 59.1 Å². The van der Waals surface area contributed by atoms with E-state index < -0.39 is 0 Å². The van der Waals surface area contributed by atoms with Gasteiger partial charge in [0.2, 0.25) is 0 Å². The van der Waals surface area contributed by atoms with E-state index in [2.05, 4.69) is 37.2 Å². The summed E-state index contributed by atoms with van der Waals surface area (Å²) in [6.45, 7) is 12.2. The van der Waals surface area contributed by atoms with E-state index in [1.165, 1.54) is 12.5 Å². The minimum absolute atomic E-state index is 0.0849. The van der Waals surface area contributed by atoms with Gasteiger partial charge in [0.1, 0.15) is 17.6 Å². The molecule has 6 heteroatoms. The number of ether oxygens (including phenoxy) is 2. The maximum atomic E-state index is 13.8. The highest BCUT2D eigenvalue weighted by Gasteiger charge is 2.66. The number of hydrogen-bond donors (Lipinski definition) is 0. The summed E-state index contributed by atoms with van der Waals surface area (Å²) < 4.78 is 12.6. The first-order valence-corrected chi connectivity index (χ1v) is 14.6. The van der Waals surface area contributed by atoms with Gasteiger partial charge < -0.3 is 14.4 Å². The first-order valence-electron chi connectivity index (χ1n) is 14.6. The molecule has 2 aliphatic heterocycles. The van der Waals surface area contributed by atoms with E-state index in [1.807, 2.05) is 53.4 Å². The van der Waals surface area contributed by atoms with E-state index in [0.29, 0.717) is 30.2 Å². The van der Waals surface area contributed by atoms with Crippen molar-refractivity contribution in [3.63, 3.8) is 0 Å². The van der Waals surface area contributed by atoms with E-state index in [9.17, 15) is 9.59 Å². The SMILES string of the molecule is C=CCN1CC[C@@]23c4c5ccc(OC(C)=O)c4C[C@@H]1[C@@H]2CC[C@@H](N(CC(C)C)C(=O)C#Cc1ccccc1)[C@@H]3O5. The quantitative estimate of drug-likeness (QED) is 0.230. The van der Waals surface area contributed by atoms with Gasteiger partial charge in [0, 0.05) is 54.1 Å². The van der Waals surface area contributed by atoms with Crippen LogP contribution in [0.25, 0.3) is 0 Å². The average molecular weight is 539 g/mol. The molecule has 2 aromatic carbocycles. The number of benzene rings is 2. The highest BCUT2D eigenvalue weighted by molar-refractivity contribution is 5.94. The molecule has 208 valence electrons. The molecule has 1 saturated heterocycles. The summed E-state index contributed by atoms with van der Waals surface area (Å²) >= 11 is 0. The molecular weight excluding hydrogens is 500 g/mol. The Morgan fingerprint density at radius 1 is 1.23 bits per heavy atom. The molecular formula is C34H38N2O4. The molecule has 1 spiro atoms. The largest absolute Gasteiger partial charge is 0.487 e. The number of rotatable bonds is 6. The maximum Gasteiger partial charge on any atom is 0.308 e. The molecule has 6 rings (SSSR count). The van der Waals surface area contributed by atoms with Gasteiger partial charge in [-0.15, -0.1) is 6.58 Å². The van der Waals surface area contributed by atoms with Crippen molar-refractivity contribution in [2.24, 2.45) is 11.8 Å². The van der Waals surface area contributed by atoms with Gasteiger partial charge in [0.25, 0.3) is 5.91 Å². The third-order valence-corrected chi connectivity index (χ3v) is 9.33. The third-order valence-electron chi connectivity index (χ3n) is 9.33. The monoisotopic (exact) mass is 538 g/mol. The van der Waals surface area contributed by atoms with Crippen LogP contribution in [0.4, 0.5) is 0 Å². The lowest BCUT2D eigenvalue weighted by Crippen LogP contribution is -2.69. The van der Waals surface area contributed by atoms with Crippen LogP contribution >= 0.6 is 0 Å². The van der Waals surface area contributed by atoms with Gasteiger partial charge in [-0.3, -0.25) is 14.5 Å². The number of amides is 1. The predicted molar refractivity (Wildman–Crippen MR) is 154 cm³/mol. The van der Waals surface area contributed by atoms with Crippen molar-refractivity contribution < 1.29 is 19.1 Å². The fourth-order valence-electron chi connectivity index (χ4n) is 8.04. The second-order valence-corrected chi connectivity index (χ2v) is 12.1. The lowest BCUT2D eigenvalue weighted by atomic mass is 9.50. The van der Waals surface area contributed by atoms with E-state index in [1.54, 1.807) is 0 Å². The van der Waals surface area contributed by atoms with Crippen LogP contribution in [0.2, 0.25) is 0 Å². The second kappa shape index (κ2) is 10.4. The molecule has 5 atom stereocenters. The average Bonchev–Trinajstić information content (AvgIpc) is 3.27. The van der Waals surface area contributed by atoms with Gasteiger partial charge in [0.05, 0.1) is 6.04 Å². The molecule has 0 aromatic heterocycles. The molecule has 0 radical (unpaired) electrons. The Hall–Kier alpha value is -3.56. The van der Waals surface area contributed by atoms with Crippen LogP contribution in [-0.4, -0.2) is 59.5 Å². The van der Waals surface area contributed by atoms with Gasteiger partial charge >= 0.3 is 5.97 Å². The summed E-state index contributed by atoms with van der Waals surface area (Å²) in [4.78, 5) is 30.3. The van der Waals surface area contributed by atoms with Gasteiger partial charge in [-0.1, -0.05) is 44.0 Å². The fourth-order valence-corrected chi connectivity index (χ4v) is 8.04. The van der Waals surface area contributed by atoms with Crippen LogP contribution < -0.4 is 9.47 Å². The summed E-state index contributed by atoms with van der Waals surface area (Å²) in [7, 11) is 0. The van der Waals surface area contributed by atoms with Crippen molar-refractivity contribution in [2.75, 3.05) is 19.6 Å². The summed E-state index contributed by atoms with van der Waals surface area (Å²) in [5.41, 5.74) is 2.91. The lowest BCUT2D eigenvalue weighted by molar-refractivity contribution is -0.137. The van der Waals surface area contributed by atoms with Crippen LogP contribution in [0, 0.1) is 23.7 Å². The molecule has 1 amide bonds. The van der Waals surface area contributed by atoms with Gasteiger partial charge in [-0.2, -0.15) is 0 Å². The van der Waals surface area contributed by atoms with Crippen molar-refractivity contribution >= 4 is 11.9 Å². The number of esters is 1. The first-order chi connectivity index (χ1) is 19.3. The molecule has 2 fully saturated rings. The number of hydrogen-bond acceptors (Lipinski definition) is 5. The smallest absolute Gasteiger partial charge is 0.308 e. The Kier molecular flexibility index (Phi) is 6.96. The molecule has 0 unspecified atom stereocenters. The van der Waals surface area contributed by atoms with Crippen molar-refractivity contribution in [3.8, 4) is 23.3 Å². The lowest BCUT2D eigenvalue weighted by Gasteiger charge is -2.60. The summed E-state index contributed by atoms with van der Waals surface area (Å²) in [6.07, 6.45) is 5.46. The van der Waals surface area contributed by atoms with Crippen molar-refractivity contribution in [1.29, 1.82) is 0 Å². The van der Waals surface area contributed by atoms with Gasteiger partial charge in [-0.05, 0) is 68.3 Å². The second-order valence-electron chi connectivity index (χ2n) is 12.1. The number of nitrogens with zero attached hydrogens (tertiary/aromatic N) is 2. The van der Waals surface area contributed by atoms with Crippen LogP contribution in [-0.2, 0) is 21.4 Å². The Bertz CT molecular complexity index is 1390. The van der Waals surface area contributed by atoms with Crippen LogP contribution in [0.5, 0.6) is 11.5 Å². The Labute approximate surface area is 237 Å². The molecule has 1 saturated carbocycles. The van der Waals surface area contributed by atoms with Crippen LogP contribution in [0.1, 0.15) is 56.7 Å². The molecule has 0 N–H and O–H groups in total. The normalized spacial score (nSPS) is 27.6. The number of likely N-dealkylation sites (tertiary alicyclic amines) is 1. The van der Waals surface area contributed by atoms with E-state index >= 15 is 0 Å². The minimum atomic E-state index is -0.313. The zero-order valence-electron chi connectivity index (χ0n) is 23.7. The van der Waals surface area contributed by atoms with Crippen molar-refractivity contribution in [2.45, 2.75) is 70.1 Å². The first kappa shape index (κ1) is 26.7. The van der Waals surface area contributed by atoms with Gasteiger partial charge in [0.15, 0.2) is 0 Å². The highest BCUT2D eigenvalue weighted by Crippen LogP contribution is 2.63. The van der Waals surface area contributed by atoms with E-state index in [4.69, 9.17) is 9.47 Å². The standard InChI is InChI=1S/C34H38N2O4/c1-5-18-35-19-17-34-26-12-13-27(36(21-22(2)3)31(38)16-11-24-9-7-6-8-10-24)33(34)40-30-15-14-29(39-23(4)37)25(32(30)34)20-28(26)35/h5-10,14-15,22,26-28,33H,1,12-13,17-21H2,2-4H3/t26-,27+,28+,33-,34-/m0/s1. The maximum absolute atomic E-state index is 13.8. The summed E-state index contributed by atoms with van der Waals surface area (Å²) in [5, 5.41) is 0. The van der Waals surface area contributed by atoms with E-state index in [0.717, 1.165) is 55.6 Å². The Balaban J connectivity index is 1.43. The Morgan fingerprint density at radius 2 is 2.02 bits per heavy atom. The summed E-state index contributed by atoms with van der Waals surface area (Å²) in [5.74, 6) is 7.80. The summed E-state index contributed by atoms with van der Waals surface area (Å²) in [6, 6.07) is 13.7. The number of carbonyl (C=O) groups is 2. The molecule has 2 bridgehead atoms. The minimum Gasteiger partial charge on any atom is -0.487 e. The van der Waals surface area contributed by atoms with Crippen LogP contribution in [0.3, 0.4) is 0 Å². The zero-order valence-corrected chi connectivity index (χ0v) is 23.7. The molecule has 2 heterocycles. The van der Waals surface area contributed by atoms with Crippen LogP contribution in [0.15, 0.2) is 55.1 Å². The van der Waals surface area contributed by atoms with Gasteiger partial charge in [-0.25, -0.2) is 0 Å². The van der Waals surface area contributed by atoms with Crippen molar-refractivity contribution in [3.05, 3.63) is 71.8 Å². The van der Waals surface area contributed by atoms with E-state index in [-0.39, 0.29) is 29.4 Å². The molecule has 2 aliphatic carbocycles. The number of piperidine rings is 1. The molecule has 40 heavy (non-hydrogen) atoms. The number of carbonyl (C=O) groups excluding carboxylic acids is 2. The molecule has 2 aromatic rings. The Morgan fingerprint density at radius 3 is 2.75 bits per heavy atom. The molecule has 6 nitrogen and oxygen atoms in total. The third kappa shape index (κ3) is 4.32.